The minimum atomic E-state index is 0.565. The Morgan fingerprint density at radius 1 is 1.27 bits per heavy atom. The van der Waals surface area contributed by atoms with Crippen molar-refractivity contribution >= 4 is 0 Å². The molecule has 0 spiro atoms. The molecule has 0 saturated heterocycles. The van der Waals surface area contributed by atoms with Gasteiger partial charge < -0.3 is 0 Å². The van der Waals surface area contributed by atoms with Crippen molar-refractivity contribution in [3.63, 3.8) is 0 Å². The van der Waals surface area contributed by atoms with E-state index in [2.05, 4.69) is 20.8 Å². The maximum Gasteiger partial charge on any atom is -0.0287 e. The summed E-state index contributed by atoms with van der Waals surface area (Å²) in [4.78, 5) is 0. The average Bonchev–Trinajstić information content (AvgIpc) is 2.15. The summed E-state index contributed by atoms with van der Waals surface area (Å²) in [5, 5.41) is 0. The summed E-state index contributed by atoms with van der Waals surface area (Å²) >= 11 is 0. The van der Waals surface area contributed by atoms with Gasteiger partial charge in [-0.1, -0.05) is 20.8 Å². The van der Waals surface area contributed by atoms with Gasteiger partial charge in [0.2, 0.25) is 0 Å². The molecule has 0 aromatic heterocycles. The molecule has 64 valence electrons. The standard InChI is InChI=1S/C11H20/c1-10(2,3)8-11-5-4-9(6-11)7-11/h9H,4-8H2,1-3H3. The van der Waals surface area contributed by atoms with E-state index < -0.39 is 0 Å². The molecule has 3 aliphatic carbocycles. The lowest BCUT2D eigenvalue weighted by atomic mass is 9.63. The summed E-state index contributed by atoms with van der Waals surface area (Å²) in [6.07, 6.45) is 7.66. The fourth-order valence-electron chi connectivity index (χ4n) is 3.44. The third-order valence-electron chi connectivity index (χ3n) is 3.43. The zero-order valence-corrected chi connectivity index (χ0v) is 8.11. The Morgan fingerprint density at radius 2 is 1.91 bits per heavy atom. The minimum absolute atomic E-state index is 0.565. The Kier molecular flexibility index (Phi) is 1.41. The van der Waals surface area contributed by atoms with Crippen LogP contribution in [0.1, 0.15) is 52.9 Å². The maximum absolute atomic E-state index is 2.38. The number of hydrogen-bond acceptors (Lipinski definition) is 0. The van der Waals surface area contributed by atoms with Crippen LogP contribution in [-0.2, 0) is 0 Å². The first-order chi connectivity index (χ1) is 4.99. The summed E-state index contributed by atoms with van der Waals surface area (Å²) < 4.78 is 0. The summed E-state index contributed by atoms with van der Waals surface area (Å²) in [6.45, 7) is 7.15. The Labute approximate surface area is 70.4 Å². The fourth-order valence-corrected chi connectivity index (χ4v) is 3.44. The van der Waals surface area contributed by atoms with Crippen LogP contribution in [0.2, 0.25) is 0 Å². The van der Waals surface area contributed by atoms with E-state index in [9.17, 15) is 0 Å². The molecule has 0 aliphatic heterocycles. The van der Waals surface area contributed by atoms with Gasteiger partial charge in [0.25, 0.3) is 0 Å². The fraction of sp³-hybridized carbons (Fsp3) is 1.00. The molecule has 11 heavy (non-hydrogen) atoms. The second kappa shape index (κ2) is 2.02. The third kappa shape index (κ3) is 1.32. The Hall–Kier alpha value is 0. The van der Waals surface area contributed by atoms with Crippen LogP contribution < -0.4 is 0 Å². The zero-order valence-electron chi connectivity index (χ0n) is 8.11. The molecule has 3 saturated carbocycles. The third-order valence-corrected chi connectivity index (χ3v) is 3.43. The molecule has 0 unspecified atom stereocenters. The first kappa shape index (κ1) is 7.64. The molecule has 0 heteroatoms. The Bertz CT molecular complexity index is 150. The lowest BCUT2D eigenvalue weighted by Gasteiger charge is -2.42. The van der Waals surface area contributed by atoms with Gasteiger partial charge in [-0.15, -0.1) is 0 Å². The predicted molar refractivity (Wildman–Crippen MR) is 48.5 cm³/mol. The predicted octanol–water partition coefficient (Wildman–Crippen LogP) is 3.61. The van der Waals surface area contributed by atoms with Gasteiger partial charge in [0.05, 0.1) is 0 Å². The normalized spacial score (nSPS) is 42.3. The first-order valence-electron chi connectivity index (χ1n) is 4.99. The number of rotatable bonds is 1. The van der Waals surface area contributed by atoms with Crippen molar-refractivity contribution in [2.45, 2.75) is 52.9 Å². The zero-order chi connectivity index (χ0) is 8.11. The quantitative estimate of drug-likeness (QED) is 0.538. The van der Waals surface area contributed by atoms with Gasteiger partial charge in [-0.25, -0.2) is 0 Å². The molecule has 3 rings (SSSR count). The van der Waals surface area contributed by atoms with Crippen molar-refractivity contribution in [1.82, 2.24) is 0 Å². The summed E-state index contributed by atoms with van der Waals surface area (Å²) in [7, 11) is 0. The Balaban J connectivity index is 1.96. The SMILES string of the molecule is CC(C)(C)CC12CCC(C1)C2. The van der Waals surface area contributed by atoms with Crippen molar-refractivity contribution in [2.75, 3.05) is 0 Å². The lowest BCUT2D eigenvalue weighted by molar-refractivity contribution is 0.0821. The van der Waals surface area contributed by atoms with Crippen LogP contribution in [-0.4, -0.2) is 0 Å². The highest BCUT2D eigenvalue weighted by Crippen LogP contribution is 2.62. The van der Waals surface area contributed by atoms with Crippen molar-refractivity contribution in [3.05, 3.63) is 0 Å². The molecular weight excluding hydrogens is 132 g/mol. The molecule has 0 aromatic rings. The van der Waals surface area contributed by atoms with Crippen molar-refractivity contribution < 1.29 is 0 Å². The molecule has 0 aromatic carbocycles. The van der Waals surface area contributed by atoms with Crippen molar-refractivity contribution in [3.8, 4) is 0 Å². The molecule has 3 aliphatic rings. The molecule has 0 N–H and O–H groups in total. The Morgan fingerprint density at radius 3 is 2.27 bits per heavy atom. The average molecular weight is 152 g/mol. The van der Waals surface area contributed by atoms with E-state index in [0.717, 1.165) is 11.3 Å². The number of fused-ring (bicyclic) bond motifs is 1. The monoisotopic (exact) mass is 152 g/mol. The minimum Gasteiger partial charge on any atom is -0.0602 e. The van der Waals surface area contributed by atoms with Gasteiger partial charge in [0.1, 0.15) is 0 Å². The first-order valence-corrected chi connectivity index (χ1v) is 4.99. The van der Waals surface area contributed by atoms with E-state index in [1.807, 2.05) is 0 Å². The highest BCUT2D eigenvalue weighted by atomic mass is 14.6. The molecular formula is C11H20. The van der Waals surface area contributed by atoms with E-state index in [0.29, 0.717) is 5.41 Å². The number of hydrogen-bond donors (Lipinski definition) is 0. The van der Waals surface area contributed by atoms with Gasteiger partial charge >= 0.3 is 0 Å². The molecule has 0 nitrogen and oxygen atoms in total. The van der Waals surface area contributed by atoms with Crippen LogP contribution in [0.3, 0.4) is 0 Å². The molecule has 0 radical (unpaired) electrons. The summed E-state index contributed by atoms with van der Waals surface area (Å²) in [5.41, 5.74) is 1.39. The summed E-state index contributed by atoms with van der Waals surface area (Å²) in [5.74, 6) is 1.14. The van der Waals surface area contributed by atoms with E-state index in [-0.39, 0.29) is 0 Å². The van der Waals surface area contributed by atoms with E-state index >= 15 is 0 Å². The molecule has 0 heterocycles. The van der Waals surface area contributed by atoms with Crippen LogP contribution in [0, 0.1) is 16.7 Å². The van der Waals surface area contributed by atoms with Crippen LogP contribution in [0.4, 0.5) is 0 Å². The van der Waals surface area contributed by atoms with Crippen LogP contribution in [0.5, 0.6) is 0 Å². The van der Waals surface area contributed by atoms with Crippen LogP contribution >= 0.6 is 0 Å². The van der Waals surface area contributed by atoms with E-state index in [1.54, 1.807) is 12.8 Å². The van der Waals surface area contributed by atoms with Gasteiger partial charge in [0.15, 0.2) is 0 Å². The van der Waals surface area contributed by atoms with Crippen molar-refractivity contribution in [2.24, 2.45) is 16.7 Å². The summed E-state index contributed by atoms with van der Waals surface area (Å²) in [6, 6.07) is 0. The van der Waals surface area contributed by atoms with E-state index in [4.69, 9.17) is 0 Å². The van der Waals surface area contributed by atoms with Crippen molar-refractivity contribution in [1.29, 1.82) is 0 Å². The maximum atomic E-state index is 2.38. The molecule has 3 fully saturated rings. The highest BCUT2D eigenvalue weighted by molar-refractivity contribution is 5.02. The van der Waals surface area contributed by atoms with Crippen LogP contribution in [0.15, 0.2) is 0 Å². The van der Waals surface area contributed by atoms with Crippen LogP contribution in [0.25, 0.3) is 0 Å². The smallest absolute Gasteiger partial charge is 0.0287 e. The lowest BCUT2D eigenvalue weighted by Crippen LogP contribution is -2.31. The topological polar surface area (TPSA) is 0 Å². The second-order valence-corrected chi connectivity index (χ2v) is 6.05. The van der Waals surface area contributed by atoms with Gasteiger partial charge in [-0.2, -0.15) is 0 Å². The highest BCUT2D eigenvalue weighted by Gasteiger charge is 2.51. The van der Waals surface area contributed by atoms with Gasteiger partial charge in [-0.05, 0) is 48.9 Å². The largest absolute Gasteiger partial charge is 0.0602 e. The molecule has 2 bridgehead atoms. The second-order valence-electron chi connectivity index (χ2n) is 6.05. The van der Waals surface area contributed by atoms with Gasteiger partial charge in [0, 0.05) is 0 Å². The van der Waals surface area contributed by atoms with E-state index in [1.165, 1.54) is 19.3 Å². The molecule has 0 amide bonds. The van der Waals surface area contributed by atoms with Gasteiger partial charge in [-0.3, -0.25) is 0 Å². The molecule has 0 atom stereocenters.